The lowest BCUT2D eigenvalue weighted by Crippen LogP contribution is -2.01. The lowest BCUT2D eigenvalue weighted by Gasteiger charge is -2.08. The van der Waals surface area contributed by atoms with Gasteiger partial charge in [0.25, 0.3) is 0 Å². The molecule has 0 spiro atoms. The minimum Gasteiger partial charge on any atom is -0.437 e. The molecule has 4 heteroatoms. The van der Waals surface area contributed by atoms with Crippen molar-refractivity contribution in [2.45, 2.75) is 20.4 Å². The highest BCUT2D eigenvalue weighted by molar-refractivity contribution is 5.32. The molecule has 4 nitrogen and oxygen atoms in total. The Morgan fingerprint density at radius 3 is 2.65 bits per heavy atom. The van der Waals surface area contributed by atoms with Gasteiger partial charge in [-0.15, -0.1) is 0 Å². The van der Waals surface area contributed by atoms with Gasteiger partial charge in [0.15, 0.2) is 5.75 Å². The molecule has 0 aliphatic heterocycles. The number of nitrogens with zero attached hydrogens (tertiary/aromatic N) is 2. The fourth-order valence-electron chi connectivity index (χ4n) is 1.53. The fourth-order valence-corrected chi connectivity index (χ4v) is 1.53. The van der Waals surface area contributed by atoms with Gasteiger partial charge in [-0.25, -0.2) is 4.98 Å². The Morgan fingerprint density at radius 1 is 1.18 bits per heavy atom. The van der Waals surface area contributed by atoms with Gasteiger partial charge < -0.3 is 10.5 Å². The van der Waals surface area contributed by atoms with E-state index in [0.717, 1.165) is 22.7 Å². The van der Waals surface area contributed by atoms with Crippen LogP contribution in [0.2, 0.25) is 0 Å². The molecule has 0 atom stereocenters. The van der Waals surface area contributed by atoms with Crippen molar-refractivity contribution in [3.63, 3.8) is 0 Å². The summed E-state index contributed by atoms with van der Waals surface area (Å²) in [5, 5.41) is 0. The molecule has 17 heavy (non-hydrogen) atoms. The third-order valence-electron chi connectivity index (χ3n) is 2.56. The van der Waals surface area contributed by atoms with E-state index >= 15 is 0 Å². The molecule has 0 aliphatic carbocycles. The number of hydrogen-bond acceptors (Lipinski definition) is 4. The van der Waals surface area contributed by atoms with Crippen LogP contribution in [0, 0.1) is 13.8 Å². The number of hydrogen-bond donors (Lipinski definition) is 1. The monoisotopic (exact) mass is 229 g/mol. The zero-order chi connectivity index (χ0) is 12.3. The Kier molecular flexibility index (Phi) is 3.35. The van der Waals surface area contributed by atoms with Crippen molar-refractivity contribution in [2.75, 3.05) is 0 Å². The van der Waals surface area contributed by atoms with Crippen molar-refractivity contribution < 1.29 is 4.74 Å². The number of ether oxygens (including phenoxy) is 1. The molecule has 0 radical (unpaired) electrons. The first-order valence-corrected chi connectivity index (χ1v) is 5.47. The van der Waals surface area contributed by atoms with Crippen molar-refractivity contribution >= 4 is 0 Å². The average Bonchev–Trinajstić information content (AvgIpc) is 2.32. The maximum atomic E-state index is 5.68. The van der Waals surface area contributed by atoms with E-state index in [1.807, 2.05) is 38.1 Å². The van der Waals surface area contributed by atoms with Gasteiger partial charge in [-0.3, -0.25) is 4.98 Å². The van der Waals surface area contributed by atoms with Crippen LogP contribution < -0.4 is 10.5 Å². The Bertz CT molecular complexity index is 526. The van der Waals surface area contributed by atoms with Gasteiger partial charge in [-0.1, -0.05) is 6.07 Å². The molecule has 2 aromatic heterocycles. The number of aromatic nitrogens is 2. The molecular weight excluding hydrogens is 214 g/mol. The summed E-state index contributed by atoms with van der Waals surface area (Å²) < 4.78 is 5.68. The maximum Gasteiger partial charge on any atom is 0.219 e. The van der Waals surface area contributed by atoms with Crippen LogP contribution in [0.5, 0.6) is 11.6 Å². The van der Waals surface area contributed by atoms with E-state index in [0.29, 0.717) is 12.4 Å². The molecule has 0 unspecified atom stereocenters. The number of nitrogens with two attached hydrogens (primary N) is 1. The van der Waals surface area contributed by atoms with Crippen molar-refractivity contribution in [2.24, 2.45) is 5.73 Å². The second kappa shape index (κ2) is 4.93. The summed E-state index contributed by atoms with van der Waals surface area (Å²) in [5.74, 6) is 1.29. The molecule has 0 amide bonds. The molecule has 2 rings (SSSR count). The molecule has 0 saturated carbocycles. The van der Waals surface area contributed by atoms with Gasteiger partial charge in [-0.05, 0) is 31.5 Å². The predicted octanol–water partition coefficient (Wildman–Crippen LogP) is 2.34. The van der Waals surface area contributed by atoms with Crippen LogP contribution in [0.15, 0.2) is 30.5 Å². The lowest BCUT2D eigenvalue weighted by atomic mass is 10.2. The van der Waals surface area contributed by atoms with Gasteiger partial charge in [-0.2, -0.15) is 0 Å². The van der Waals surface area contributed by atoms with Crippen molar-refractivity contribution in [1.82, 2.24) is 9.97 Å². The van der Waals surface area contributed by atoms with E-state index in [1.165, 1.54) is 0 Å². The Hall–Kier alpha value is -1.94. The summed E-state index contributed by atoms with van der Waals surface area (Å²) in [6.07, 6.45) is 1.73. The summed E-state index contributed by atoms with van der Waals surface area (Å²) in [4.78, 5) is 8.51. The van der Waals surface area contributed by atoms with Crippen LogP contribution >= 0.6 is 0 Å². The molecule has 2 heterocycles. The zero-order valence-electron chi connectivity index (χ0n) is 9.97. The highest BCUT2D eigenvalue weighted by Crippen LogP contribution is 2.22. The van der Waals surface area contributed by atoms with Gasteiger partial charge >= 0.3 is 0 Å². The standard InChI is InChI=1S/C13H15N3O/c1-9-11(8-14)5-6-13(16-9)17-12-4-3-7-15-10(12)2/h3-7H,8,14H2,1-2H3. The van der Waals surface area contributed by atoms with Crippen LogP contribution in [-0.4, -0.2) is 9.97 Å². The van der Waals surface area contributed by atoms with Crippen LogP contribution in [0.25, 0.3) is 0 Å². The quantitative estimate of drug-likeness (QED) is 0.877. The second-order valence-electron chi connectivity index (χ2n) is 3.79. The third-order valence-corrected chi connectivity index (χ3v) is 2.56. The van der Waals surface area contributed by atoms with Crippen LogP contribution in [-0.2, 0) is 6.54 Å². The summed E-state index contributed by atoms with van der Waals surface area (Å²) in [6, 6.07) is 7.46. The van der Waals surface area contributed by atoms with E-state index in [9.17, 15) is 0 Å². The Balaban J connectivity index is 2.25. The van der Waals surface area contributed by atoms with E-state index in [1.54, 1.807) is 6.20 Å². The SMILES string of the molecule is Cc1nc(Oc2cccnc2C)ccc1CN. The highest BCUT2D eigenvalue weighted by Gasteiger charge is 2.04. The number of aryl methyl sites for hydroxylation is 2. The molecule has 88 valence electrons. The van der Waals surface area contributed by atoms with Gasteiger partial charge in [0.2, 0.25) is 5.88 Å². The normalized spacial score (nSPS) is 10.3. The van der Waals surface area contributed by atoms with Crippen LogP contribution in [0.1, 0.15) is 17.0 Å². The van der Waals surface area contributed by atoms with E-state index in [2.05, 4.69) is 9.97 Å². The summed E-state index contributed by atoms with van der Waals surface area (Å²) in [7, 11) is 0. The molecule has 2 N–H and O–H groups in total. The summed E-state index contributed by atoms with van der Waals surface area (Å²) in [5.41, 5.74) is 8.35. The Morgan fingerprint density at radius 2 is 2.00 bits per heavy atom. The van der Waals surface area contributed by atoms with Crippen molar-refractivity contribution in [3.05, 3.63) is 47.4 Å². The van der Waals surface area contributed by atoms with Crippen LogP contribution in [0.4, 0.5) is 0 Å². The van der Waals surface area contributed by atoms with Crippen molar-refractivity contribution in [3.8, 4) is 11.6 Å². The molecule has 0 aromatic carbocycles. The molecular formula is C13H15N3O. The first kappa shape index (κ1) is 11.5. The average molecular weight is 229 g/mol. The number of rotatable bonds is 3. The molecule has 0 saturated heterocycles. The van der Waals surface area contributed by atoms with Crippen molar-refractivity contribution in [1.29, 1.82) is 0 Å². The van der Waals surface area contributed by atoms with Gasteiger partial charge in [0.1, 0.15) is 0 Å². The summed E-state index contributed by atoms with van der Waals surface area (Å²) >= 11 is 0. The van der Waals surface area contributed by atoms with Crippen LogP contribution in [0.3, 0.4) is 0 Å². The maximum absolute atomic E-state index is 5.68. The van der Waals surface area contributed by atoms with Gasteiger partial charge in [0, 0.05) is 24.5 Å². The minimum absolute atomic E-state index is 0.491. The minimum atomic E-state index is 0.491. The lowest BCUT2D eigenvalue weighted by molar-refractivity contribution is 0.455. The highest BCUT2D eigenvalue weighted by atomic mass is 16.5. The molecule has 0 bridgehead atoms. The Labute approximate surface area is 100 Å². The third kappa shape index (κ3) is 2.60. The van der Waals surface area contributed by atoms with E-state index < -0.39 is 0 Å². The first-order chi connectivity index (χ1) is 8.20. The molecule has 2 aromatic rings. The zero-order valence-corrected chi connectivity index (χ0v) is 9.97. The largest absolute Gasteiger partial charge is 0.437 e. The predicted molar refractivity (Wildman–Crippen MR) is 65.9 cm³/mol. The second-order valence-corrected chi connectivity index (χ2v) is 3.79. The number of pyridine rings is 2. The van der Waals surface area contributed by atoms with E-state index in [4.69, 9.17) is 10.5 Å². The van der Waals surface area contributed by atoms with Gasteiger partial charge in [0.05, 0.1) is 5.69 Å². The van der Waals surface area contributed by atoms with E-state index in [-0.39, 0.29) is 0 Å². The molecule has 0 fully saturated rings. The summed E-state index contributed by atoms with van der Waals surface area (Å²) in [6.45, 7) is 4.31. The fraction of sp³-hybridized carbons (Fsp3) is 0.231. The topological polar surface area (TPSA) is 61.0 Å². The first-order valence-electron chi connectivity index (χ1n) is 5.47. The molecule has 0 aliphatic rings. The smallest absolute Gasteiger partial charge is 0.219 e.